The molecular formula is C25H22N4O3. The fourth-order valence-corrected chi connectivity index (χ4v) is 4.11. The molecule has 7 nitrogen and oxygen atoms in total. The Morgan fingerprint density at radius 2 is 1.66 bits per heavy atom. The third-order valence-corrected chi connectivity index (χ3v) is 5.73. The van der Waals surface area contributed by atoms with Crippen LogP contribution in [0.1, 0.15) is 40.6 Å². The van der Waals surface area contributed by atoms with Gasteiger partial charge in [-0.1, -0.05) is 36.4 Å². The summed E-state index contributed by atoms with van der Waals surface area (Å²) in [5, 5.41) is 8.54. The molecule has 0 bridgehead atoms. The lowest BCUT2D eigenvalue weighted by Gasteiger charge is -2.23. The maximum Gasteiger partial charge on any atom is 0.261 e. The molecule has 1 saturated heterocycles. The minimum Gasteiger partial charge on any atom is -0.484 e. The Kier molecular flexibility index (Phi) is 5.37. The number of ether oxygens (including phenoxy) is 1. The summed E-state index contributed by atoms with van der Waals surface area (Å²) in [6.45, 7) is 0.596. The smallest absolute Gasteiger partial charge is 0.261 e. The predicted molar refractivity (Wildman–Crippen MR) is 118 cm³/mol. The topological polar surface area (TPSA) is 76.8 Å². The summed E-state index contributed by atoms with van der Waals surface area (Å²) in [4.78, 5) is 27.3. The zero-order valence-corrected chi connectivity index (χ0v) is 17.4. The van der Waals surface area contributed by atoms with E-state index in [1.165, 1.54) is 0 Å². The van der Waals surface area contributed by atoms with Crippen LogP contribution in [0.3, 0.4) is 0 Å². The molecule has 2 aromatic carbocycles. The number of hydrogen-bond donors (Lipinski definition) is 0. The van der Waals surface area contributed by atoms with Gasteiger partial charge in [0.1, 0.15) is 5.75 Å². The SMILES string of the molecule is O=C(c1ccccc1)c1ccc(OCC(=O)N2CCC[C@@H]2c2nnc3ccccn23)cc1. The number of likely N-dealkylation sites (tertiary alicyclic amines) is 1. The van der Waals surface area contributed by atoms with Gasteiger partial charge >= 0.3 is 0 Å². The van der Waals surface area contributed by atoms with Crippen LogP contribution >= 0.6 is 0 Å². The number of hydrogen-bond acceptors (Lipinski definition) is 5. The van der Waals surface area contributed by atoms with Gasteiger partial charge in [-0.3, -0.25) is 14.0 Å². The molecule has 1 aliphatic rings. The number of pyridine rings is 1. The number of fused-ring (bicyclic) bond motifs is 1. The van der Waals surface area contributed by atoms with Gasteiger partial charge in [0.05, 0.1) is 6.04 Å². The zero-order chi connectivity index (χ0) is 21.9. The third-order valence-electron chi connectivity index (χ3n) is 5.73. The molecule has 1 aliphatic heterocycles. The van der Waals surface area contributed by atoms with Crippen LogP contribution in [0.15, 0.2) is 79.0 Å². The van der Waals surface area contributed by atoms with Crippen molar-refractivity contribution in [1.82, 2.24) is 19.5 Å². The summed E-state index contributed by atoms with van der Waals surface area (Å²) in [5.74, 6) is 1.18. The molecule has 3 heterocycles. The van der Waals surface area contributed by atoms with E-state index in [1.807, 2.05) is 51.9 Å². The van der Waals surface area contributed by atoms with Crippen molar-refractivity contribution in [2.75, 3.05) is 13.2 Å². The fourth-order valence-electron chi connectivity index (χ4n) is 4.11. The van der Waals surface area contributed by atoms with Gasteiger partial charge in [-0.15, -0.1) is 10.2 Å². The van der Waals surface area contributed by atoms with Gasteiger partial charge in [0.15, 0.2) is 23.9 Å². The van der Waals surface area contributed by atoms with Crippen LogP contribution in [0, 0.1) is 0 Å². The summed E-state index contributed by atoms with van der Waals surface area (Å²) in [6, 6.07) is 21.6. The van der Waals surface area contributed by atoms with Gasteiger partial charge in [0.2, 0.25) is 0 Å². The number of carbonyl (C=O) groups is 2. The first-order valence-electron chi connectivity index (χ1n) is 10.6. The van der Waals surface area contributed by atoms with Gasteiger partial charge < -0.3 is 9.64 Å². The summed E-state index contributed by atoms with van der Waals surface area (Å²) < 4.78 is 7.66. The number of benzene rings is 2. The molecule has 160 valence electrons. The van der Waals surface area contributed by atoms with Crippen molar-refractivity contribution >= 4 is 17.3 Å². The van der Waals surface area contributed by atoms with Crippen molar-refractivity contribution in [3.63, 3.8) is 0 Å². The van der Waals surface area contributed by atoms with Crippen LogP contribution in [0.5, 0.6) is 5.75 Å². The van der Waals surface area contributed by atoms with Crippen molar-refractivity contribution in [3.8, 4) is 5.75 Å². The van der Waals surface area contributed by atoms with Gasteiger partial charge in [-0.25, -0.2) is 0 Å². The molecule has 4 aromatic rings. The maximum atomic E-state index is 12.9. The number of amides is 1. The molecule has 7 heteroatoms. The lowest BCUT2D eigenvalue weighted by atomic mass is 10.0. The Hall–Kier alpha value is -4.00. The highest BCUT2D eigenvalue weighted by molar-refractivity contribution is 6.08. The molecule has 0 N–H and O–H groups in total. The second-order valence-electron chi connectivity index (χ2n) is 7.74. The molecule has 0 spiro atoms. The monoisotopic (exact) mass is 426 g/mol. The highest BCUT2D eigenvalue weighted by Crippen LogP contribution is 2.31. The zero-order valence-electron chi connectivity index (χ0n) is 17.4. The van der Waals surface area contributed by atoms with Gasteiger partial charge in [0.25, 0.3) is 5.91 Å². The molecule has 0 radical (unpaired) electrons. The van der Waals surface area contributed by atoms with Gasteiger partial charge in [-0.05, 0) is 49.2 Å². The van der Waals surface area contributed by atoms with Crippen LogP contribution in [-0.2, 0) is 4.79 Å². The normalized spacial score (nSPS) is 15.8. The molecule has 0 unspecified atom stereocenters. The van der Waals surface area contributed by atoms with Crippen molar-refractivity contribution < 1.29 is 14.3 Å². The van der Waals surface area contributed by atoms with Crippen LogP contribution in [-0.4, -0.2) is 44.3 Å². The minimum atomic E-state index is -0.116. The third kappa shape index (κ3) is 3.85. The molecule has 1 fully saturated rings. The van der Waals surface area contributed by atoms with E-state index in [4.69, 9.17) is 4.74 Å². The molecule has 1 amide bonds. The van der Waals surface area contributed by atoms with E-state index in [0.717, 1.165) is 24.3 Å². The summed E-state index contributed by atoms with van der Waals surface area (Å²) in [7, 11) is 0. The van der Waals surface area contributed by atoms with Crippen molar-refractivity contribution in [2.24, 2.45) is 0 Å². The molecule has 1 atom stereocenters. The standard InChI is InChI=1S/C25H22N4O3/c30-23(28-16-6-9-21(28)25-27-26-22-10-4-5-15-29(22)25)17-32-20-13-11-19(12-14-20)24(31)18-7-2-1-3-8-18/h1-5,7-8,10-15,21H,6,9,16-17H2/t21-/m1/s1. The molecule has 2 aromatic heterocycles. The van der Waals surface area contributed by atoms with E-state index in [0.29, 0.717) is 23.4 Å². The Morgan fingerprint density at radius 1 is 0.906 bits per heavy atom. The fraction of sp³-hybridized carbons (Fsp3) is 0.200. The minimum absolute atomic E-state index is 0.0475. The van der Waals surface area contributed by atoms with E-state index in [2.05, 4.69) is 10.2 Å². The van der Waals surface area contributed by atoms with Crippen LogP contribution in [0.4, 0.5) is 0 Å². The molecule has 0 saturated carbocycles. The van der Waals surface area contributed by atoms with Crippen molar-refractivity contribution in [2.45, 2.75) is 18.9 Å². The molecule has 32 heavy (non-hydrogen) atoms. The van der Waals surface area contributed by atoms with E-state index in [-0.39, 0.29) is 24.3 Å². The van der Waals surface area contributed by atoms with E-state index in [9.17, 15) is 9.59 Å². The van der Waals surface area contributed by atoms with Gasteiger partial charge in [-0.2, -0.15) is 0 Å². The quantitative estimate of drug-likeness (QED) is 0.440. The summed E-state index contributed by atoms with van der Waals surface area (Å²) in [5.41, 5.74) is 1.98. The predicted octanol–water partition coefficient (Wildman–Crippen LogP) is 3.70. The van der Waals surface area contributed by atoms with E-state index < -0.39 is 0 Å². The van der Waals surface area contributed by atoms with E-state index in [1.54, 1.807) is 36.4 Å². The first-order valence-corrected chi connectivity index (χ1v) is 10.6. The Labute approximate surface area is 185 Å². The van der Waals surface area contributed by atoms with Crippen LogP contribution in [0.25, 0.3) is 5.65 Å². The highest BCUT2D eigenvalue weighted by Gasteiger charge is 2.33. The van der Waals surface area contributed by atoms with Crippen LogP contribution in [0.2, 0.25) is 0 Å². The van der Waals surface area contributed by atoms with Crippen LogP contribution < -0.4 is 4.74 Å². The number of ketones is 1. The van der Waals surface area contributed by atoms with Crippen molar-refractivity contribution in [1.29, 1.82) is 0 Å². The first-order chi connectivity index (χ1) is 15.7. The summed E-state index contributed by atoms with van der Waals surface area (Å²) >= 11 is 0. The molecular weight excluding hydrogens is 404 g/mol. The van der Waals surface area contributed by atoms with Gasteiger partial charge in [0, 0.05) is 23.9 Å². The Balaban J connectivity index is 1.24. The summed E-state index contributed by atoms with van der Waals surface area (Å²) in [6.07, 6.45) is 3.67. The largest absolute Gasteiger partial charge is 0.484 e. The first kappa shape index (κ1) is 19.9. The number of aromatic nitrogens is 3. The number of nitrogens with zero attached hydrogens (tertiary/aromatic N) is 4. The second-order valence-corrected chi connectivity index (χ2v) is 7.74. The molecule has 5 rings (SSSR count). The molecule has 0 aliphatic carbocycles. The second kappa shape index (κ2) is 8.63. The maximum absolute atomic E-state index is 12.9. The highest BCUT2D eigenvalue weighted by atomic mass is 16.5. The average molecular weight is 426 g/mol. The number of rotatable bonds is 6. The Bertz CT molecular complexity index is 1250. The Morgan fingerprint density at radius 3 is 2.47 bits per heavy atom. The lowest BCUT2D eigenvalue weighted by molar-refractivity contribution is -0.134. The van der Waals surface area contributed by atoms with E-state index >= 15 is 0 Å². The lowest BCUT2D eigenvalue weighted by Crippen LogP contribution is -2.35. The number of carbonyl (C=O) groups excluding carboxylic acids is 2. The average Bonchev–Trinajstić information content (AvgIpc) is 3.50. The van der Waals surface area contributed by atoms with Crippen molar-refractivity contribution in [3.05, 3.63) is 95.9 Å².